The molecule has 1 aromatic heterocycles. The van der Waals surface area contributed by atoms with Gasteiger partial charge in [-0.15, -0.1) is 0 Å². The Kier molecular flexibility index (Phi) is 4.32. The molecule has 0 bridgehead atoms. The molecule has 0 aliphatic rings. The van der Waals surface area contributed by atoms with Crippen LogP contribution in [0.4, 0.5) is 19.0 Å². The SMILES string of the molecule is CCCCNc1nc(C(F)(F)F)ccc1C#N. The maximum Gasteiger partial charge on any atom is 0.433 e. The predicted octanol–water partition coefficient (Wildman–Crippen LogP) is 3.18. The maximum absolute atomic E-state index is 12.4. The first-order valence-electron chi connectivity index (χ1n) is 5.21. The van der Waals surface area contributed by atoms with E-state index in [1.165, 1.54) is 0 Å². The van der Waals surface area contributed by atoms with Gasteiger partial charge in [0.25, 0.3) is 0 Å². The Morgan fingerprint density at radius 3 is 2.65 bits per heavy atom. The summed E-state index contributed by atoms with van der Waals surface area (Å²) in [5.41, 5.74) is -0.871. The van der Waals surface area contributed by atoms with Gasteiger partial charge in [0.2, 0.25) is 0 Å². The van der Waals surface area contributed by atoms with Crippen molar-refractivity contribution in [2.24, 2.45) is 0 Å². The third-order valence-corrected chi connectivity index (χ3v) is 2.13. The van der Waals surface area contributed by atoms with Gasteiger partial charge < -0.3 is 5.32 Å². The summed E-state index contributed by atoms with van der Waals surface area (Å²) in [6, 6.07) is 3.75. The van der Waals surface area contributed by atoms with Crippen molar-refractivity contribution in [1.82, 2.24) is 4.98 Å². The number of aromatic nitrogens is 1. The molecule has 0 amide bonds. The number of alkyl halides is 3. The van der Waals surface area contributed by atoms with Crippen molar-refractivity contribution in [3.8, 4) is 6.07 Å². The van der Waals surface area contributed by atoms with E-state index in [1.54, 1.807) is 0 Å². The van der Waals surface area contributed by atoms with Gasteiger partial charge in [-0.1, -0.05) is 13.3 Å². The molecule has 1 heterocycles. The molecule has 0 aromatic carbocycles. The standard InChI is InChI=1S/C11H12F3N3/c1-2-3-6-16-10-8(7-15)4-5-9(17-10)11(12,13)14/h4-5H,2-3,6H2,1H3,(H,16,17). The second kappa shape index (κ2) is 5.53. The summed E-state index contributed by atoms with van der Waals surface area (Å²) in [5.74, 6) is -0.00391. The van der Waals surface area contributed by atoms with Crippen molar-refractivity contribution in [1.29, 1.82) is 5.26 Å². The highest BCUT2D eigenvalue weighted by Crippen LogP contribution is 2.29. The van der Waals surface area contributed by atoms with Gasteiger partial charge in [0, 0.05) is 6.54 Å². The van der Waals surface area contributed by atoms with E-state index in [-0.39, 0.29) is 11.4 Å². The van der Waals surface area contributed by atoms with Crippen LogP contribution in [-0.4, -0.2) is 11.5 Å². The van der Waals surface area contributed by atoms with E-state index in [2.05, 4.69) is 10.3 Å². The molecule has 3 nitrogen and oxygen atoms in total. The fourth-order valence-corrected chi connectivity index (χ4v) is 1.23. The van der Waals surface area contributed by atoms with Crippen LogP contribution in [0.1, 0.15) is 31.0 Å². The van der Waals surface area contributed by atoms with Crippen LogP contribution in [-0.2, 0) is 6.18 Å². The quantitative estimate of drug-likeness (QED) is 0.826. The molecule has 0 aliphatic heterocycles. The summed E-state index contributed by atoms with van der Waals surface area (Å²) in [5, 5.41) is 11.5. The minimum Gasteiger partial charge on any atom is -0.369 e. The second-order valence-electron chi connectivity index (χ2n) is 3.48. The third-order valence-electron chi connectivity index (χ3n) is 2.13. The monoisotopic (exact) mass is 243 g/mol. The van der Waals surface area contributed by atoms with Gasteiger partial charge in [-0.25, -0.2) is 4.98 Å². The van der Waals surface area contributed by atoms with Crippen molar-refractivity contribution < 1.29 is 13.2 Å². The molecule has 6 heteroatoms. The Bertz CT molecular complexity index is 421. The Morgan fingerprint density at radius 2 is 2.12 bits per heavy atom. The summed E-state index contributed by atoms with van der Waals surface area (Å²) in [4.78, 5) is 3.43. The molecule has 0 saturated heterocycles. The zero-order chi connectivity index (χ0) is 12.9. The highest BCUT2D eigenvalue weighted by molar-refractivity contribution is 5.52. The fraction of sp³-hybridized carbons (Fsp3) is 0.455. The average Bonchev–Trinajstić information content (AvgIpc) is 2.28. The number of hydrogen-bond acceptors (Lipinski definition) is 3. The Balaban J connectivity index is 2.96. The molecule has 0 fully saturated rings. The summed E-state index contributed by atoms with van der Waals surface area (Å²) in [6.07, 6.45) is -2.77. The Labute approximate surface area is 97.3 Å². The summed E-state index contributed by atoms with van der Waals surface area (Å²) >= 11 is 0. The van der Waals surface area contributed by atoms with Gasteiger partial charge in [-0.05, 0) is 18.6 Å². The van der Waals surface area contributed by atoms with Crippen LogP contribution in [0.3, 0.4) is 0 Å². The van der Waals surface area contributed by atoms with E-state index >= 15 is 0 Å². The zero-order valence-electron chi connectivity index (χ0n) is 9.30. The predicted molar refractivity (Wildman–Crippen MR) is 57.4 cm³/mol. The van der Waals surface area contributed by atoms with Gasteiger partial charge in [0.1, 0.15) is 17.6 Å². The maximum atomic E-state index is 12.4. The molecule has 1 aromatic rings. The van der Waals surface area contributed by atoms with Crippen LogP contribution in [0.2, 0.25) is 0 Å². The number of hydrogen-bond donors (Lipinski definition) is 1. The zero-order valence-corrected chi connectivity index (χ0v) is 9.30. The Morgan fingerprint density at radius 1 is 1.41 bits per heavy atom. The molecule has 0 aliphatic carbocycles. The first kappa shape index (κ1) is 13.3. The highest BCUT2D eigenvalue weighted by atomic mass is 19.4. The molecule has 1 N–H and O–H groups in total. The van der Waals surface area contributed by atoms with E-state index in [4.69, 9.17) is 5.26 Å². The number of pyridine rings is 1. The average molecular weight is 243 g/mol. The second-order valence-corrected chi connectivity index (χ2v) is 3.48. The summed E-state index contributed by atoms with van der Waals surface area (Å²) in [7, 11) is 0. The molecular weight excluding hydrogens is 231 g/mol. The molecular formula is C11H12F3N3. The number of rotatable bonds is 4. The lowest BCUT2D eigenvalue weighted by Gasteiger charge is -2.10. The van der Waals surface area contributed by atoms with Gasteiger partial charge in [0.15, 0.2) is 0 Å². The van der Waals surface area contributed by atoms with Crippen LogP contribution in [0.5, 0.6) is 0 Å². The number of anilines is 1. The lowest BCUT2D eigenvalue weighted by molar-refractivity contribution is -0.141. The number of halogens is 3. The molecule has 0 atom stereocenters. The molecule has 17 heavy (non-hydrogen) atoms. The van der Waals surface area contributed by atoms with Gasteiger partial charge in [-0.2, -0.15) is 18.4 Å². The largest absolute Gasteiger partial charge is 0.433 e. The van der Waals surface area contributed by atoms with E-state index < -0.39 is 11.9 Å². The normalized spacial score (nSPS) is 11.0. The topological polar surface area (TPSA) is 48.7 Å². The van der Waals surface area contributed by atoms with Gasteiger partial charge in [-0.3, -0.25) is 0 Å². The van der Waals surface area contributed by atoms with E-state index in [1.807, 2.05) is 13.0 Å². The fourth-order valence-electron chi connectivity index (χ4n) is 1.23. The number of unbranched alkanes of at least 4 members (excludes halogenated alkanes) is 1. The van der Waals surface area contributed by atoms with E-state index in [9.17, 15) is 13.2 Å². The molecule has 92 valence electrons. The molecule has 1 rings (SSSR count). The minimum atomic E-state index is -4.49. The van der Waals surface area contributed by atoms with Gasteiger partial charge in [0.05, 0.1) is 5.56 Å². The summed E-state index contributed by atoms with van der Waals surface area (Å²) in [6.45, 7) is 2.46. The van der Waals surface area contributed by atoms with Crippen LogP contribution in [0, 0.1) is 11.3 Å². The van der Waals surface area contributed by atoms with E-state index in [0.29, 0.717) is 6.54 Å². The lowest BCUT2D eigenvalue weighted by atomic mass is 10.2. The van der Waals surface area contributed by atoms with Crippen molar-refractivity contribution in [3.05, 3.63) is 23.4 Å². The smallest absolute Gasteiger partial charge is 0.369 e. The number of nitrogens with one attached hydrogen (secondary N) is 1. The molecule has 0 saturated carbocycles. The summed E-state index contributed by atoms with van der Waals surface area (Å²) < 4.78 is 37.3. The highest BCUT2D eigenvalue weighted by Gasteiger charge is 2.33. The van der Waals surface area contributed by atoms with Crippen molar-refractivity contribution in [3.63, 3.8) is 0 Å². The molecule has 0 radical (unpaired) electrons. The number of nitrogens with zero attached hydrogens (tertiary/aromatic N) is 2. The van der Waals surface area contributed by atoms with E-state index in [0.717, 1.165) is 25.0 Å². The van der Waals surface area contributed by atoms with Crippen molar-refractivity contribution >= 4 is 5.82 Å². The Hall–Kier alpha value is -1.77. The van der Waals surface area contributed by atoms with Crippen molar-refractivity contribution in [2.75, 3.05) is 11.9 Å². The lowest BCUT2D eigenvalue weighted by Crippen LogP contribution is -2.12. The van der Waals surface area contributed by atoms with Crippen LogP contribution >= 0.6 is 0 Å². The molecule has 0 spiro atoms. The number of nitriles is 1. The first-order chi connectivity index (χ1) is 7.99. The van der Waals surface area contributed by atoms with Crippen LogP contribution < -0.4 is 5.32 Å². The minimum absolute atomic E-state index is 0.00391. The van der Waals surface area contributed by atoms with Crippen molar-refractivity contribution in [2.45, 2.75) is 25.9 Å². The first-order valence-corrected chi connectivity index (χ1v) is 5.21. The van der Waals surface area contributed by atoms with Gasteiger partial charge >= 0.3 is 6.18 Å². The van der Waals surface area contributed by atoms with Crippen LogP contribution in [0.25, 0.3) is 0 Å². The third kappa shape index (κ3) is 3.63. The van der Waals surface area contributed by atoms with Crippen LogP contribution in [0.15, 0.2) is 12.1 Å². The molecule has 0 unspecified atom stereocenters.